The standard InChI is InChI=1S/C18H27Cl2N3O.HI/c1-21-18(23(2)11-7-14-8-12-24-13-9-14)22-10-6-15-16(19)4-3-5-17(15)20;/h3-5,14H,6-13H2,1-2H3,(H,21,22);1H. The monoisotopic (exact) mass is 499 g/mol. The Bertz CT molecular complexity index is 531. The molecule has 142 valence electrons. The van der Waals surface area contributed by atoms with Crippen LogP contribution in [0.1, 0.15) is 24.8 Å². The summed E-state index contributed by atoms with van der Waals surface area (Å²) < 4.78 is 5.42. The zero-order chi connectivity index (χ0) is 17.4. The number of aliphatic imine (C=N–C) groups is 1. The van der Waals surface area contributed by atoms with Crippen molar-refractivity contribution in [2.24, 2.45) is 10.9 Å². The lowest BCUT2D eigenvalue weighted by Crippen LogP contribution is -2.40. The van der Waals surface area contributed by atoms with E-state index < -0.39 is 0 Å². The van der Waals surface area contributed by atoms with Crippen molar-refractivity contribution in [3.63, 3.8) is 0 Å². The minimum Gasteiger partial charge on any atom is -0.381 e. The first-order chi connectivity index (χ1) is 11.6. The second kappa shape index (κ2) is 12.2. The van der Waals surface area contributed by atoms with Crippen molar-refractivity contribution in [2.75, 3.05) is 40.4 Å². The third-order valence-electron chi connectivity index (χ3n) is 4.51. The number of halogens is 3. The molecule has 1 aliphatic rings. The lowest BCUT2D eigenvalue weighted by atomic mass is 9.96. The van der Waals surface area contributed by atoms with Gasteiger partial charge in [0.05, 0.1) is 0 Å². The van der Waals surface area contributed by atoms with E-state index in [0.29, 0.717) is 10.0 Å². The third kappa shape index (κ3) is 7.49. The molecule has 2 rings (SSSR count). The zero-order valence-electron chi connectivity index (χ0n) is 14.9. The molecule has 1 heterocycles. The van der Waals surface area contributed by atoms with Gasteiger partial charge in [-0.05, 0) is 49.3 Å². The van der Waals surface area contributed by atoms with Crippen LogP contribution >= 0.6 is 47.2 Å². The van der Waals surface area contributed by atoms with Gasteiger partial charge in [0.15, 0.2) is 5.96 Å². The van der Waals surface area contributed by atoms with Crippen molar-refractivity contribution in [3.05, 3.63) is 33.8 Å². The quantitative estimate of drug-likeness (QED) is 0.356. The Morgan fingerprint density at radius 3 is 2.52 bits per heavy atom. The second-order valence-electron chi connectivity index (χ2n) is 6.19. The molecule has 0 amide bonds. The fourth-order valence-corrected chi connectivity index (χ4v) is 3.56. The van der Waals surface area contributed by atoms with Gasteiger partial charge in [0.1, 0.15) is 0 Å². The molecule has 1 aromatic rings. The molecule has 0 aliphatic carbocycles. The molecule has 0 atom stereocenters. The average Bonchev–Trinajstić information content (AvgIpc) is 2.60. The minimum atomic E-state index is 0. The molecule has 0 aromatic heterocycles. The molecule has 1 aromatic carbocycles. The van der Waals surface area contributed by atoms with Crippen molar-refractivity contribution >= 4 is 53.1 Å². The van der Waals surface area contributed by atoms with Crippen molar-refractivity contribution in [1.82, 2.24) is 10.2 Å². The number of nitrogens with one attached hydrogen (secondary N) is 1. The van der Waals surface area contributed by atoms with Gasteiger partial charge in [-0.25, -0.2) is 0 Å². The van der Waals surface area contributed by atoms with Crippen LogP contribution in [0.25, 0.3) is 0 Å². The number of guanidine groups is 1. The van der Waals surface area contributed by atoms with E-state index >= 15 is 0 Å². The molecule has 25 heavy (non-hydrogen) atoms. The van der Waals surface area contributed by atoms with E-state index in [1.54, 1.807) is 0 Å². The van der Waals surface area contributed by atoms with Gasteiger partial charge in [0.25, 0.3) is 0 Å². The first-order valence-corrected chi connectivity index (χ1v) is 9.29. The fourth-order valence-electron chi connectivity index (χ4n) is 2.97. The van der Waals surface area contributed by atoms with E-state index in [4.69, 9.17) is 27.9 Å². The van der Waals surface area contributed by atoms with Crippen molar-refractivity contribution in [2.45, 2.75) is 25.7 Å². The maximum absolute atomic E-state index is 6.21. The molecule has 7 heteroatoms. The summed E-state index contributed by atoms with van der Waals surface area (Å²) in [7, 11) is 3.90. The smallest absolute Gasteiger partial charge is 0.193 e. The number of hydrogen-bond acceptors (Lipinski definition) is 2. The summed E-state index contributed by atoms with van der Waals surface area (Å²) >= 11 is 12.4. The molecule has 0 saturated carbocycles. The van der Waals surface area contributed by atoms with Gasteiger partial charge in [-0.1, -0.05) is 29.3 Å². The van der Waals surface area contributed by atoms with Crippen LogP contribution in [-0.2, 0) is 11.2 Å². The number of ether oxygens (including phenoxy) is 1. The van der Waals surface area contributed by atoms with Gasteiger partial charge in [0, 0.05) is 50.4 Å². The van der Waals surface area contributed by atoms with Crippen molar-refractivity contribution in [3.8, 4) is 0 Å². The largest absolute Gasteiger partial charge is 0.381 e. The highest BCUT2D eigenvalue weighted by Crippen LogP contribution is 2.24. The Hall–Kier alpha value is -0.240. The fraction of sp³-hybridized carbons (Fsp3) is 0.611. The molecule has 4 nitrogen and oxygen atoms in total. The van der Waals surface area contributed by atoms with Crippen LogP contribution in [0.3, 0.4) is 0 Å². The Balaban J connectivity index is 0.00000312. The second-order valence-corrected chi connectivity index (χ2v) is 7.00. The number of benzene rings is 1. The van der Waals surface area contributed by atoms with E-state index in [9.17, 15) is 0 Å². The first kappa shape index (κ1) is 22.8. The summed E-state index contributed by atoms with van der Waals surface area (Å²) in [5.41, 5.74) is 0.980. The highest BCUT2D eigenvalue weighted by molar-refractivity contribution is 14.0. The van der Waals surface area contributed by atoms with Gasteiger partial charge < -0.3 is 15.0 Å². The Morgan fingerprint density at radius 2 is 1.92 bits per heavy atom. The first-order valence-electron chi connectivity index (χ1n) is 8.54. The van der Waals surface area contributed by atoms with Crippen LogP contribution in [0.5, 0.6) is 0 Å². The van der Waals surface area contributed by atoms with Crippen molar-refractivity contribution < 1.29 is 4.74 Å². The predicted octanol–water partition coefficient (Wildman–Crippen LogP) is 4.48. The van der Waals surface area contributed by atoms with Crippen LogP contribution in [0.2, 0.25) is 10.0 Å². The Labute approximate surface area is 178 Å². The number of hydrogen-bond donors (Lipinski definition) is 1. The minimum absolute atomic E-state index is 0. The van der Waals surface area contributed by atoms with Gasteiger partial charge in [-0.3, -0.25) is 4.99 Å². The molecule has 0 bridgehead atoms. The molecule has 0 radical (unpaired) electrons. The van der Waals surface area contributed by atoms with E-state index in [1.807, 2.05) is 25.2 Å². The summed E-state index contributed by atoms with van der Waals surface area (Å²) in [5.74, 6) is 1.67. The lowest BCUT2D eigenvalue weighted by Gasteiger charge is -2.27. The van der Waals surface area contributed by atoms with E-state index in [-0.39, 0.29) is 24.0 Å². The Morgan fingerprint density at radius 1 is 1.28 bits per heavy atom. The summed E-state index contributed by atoms with van der Waals surface area (Å²) in [6.45, 7) is 3.55. The van der Waals surface area contributed by atoms with Gasteiger partial charge in [-0.15, -0.1) is 24.0 Å². The van der Waals surface area contributed by atoms with Crippen LogP contribution in [0.4, 0.5) is 0 Å². The molecule has 1 saturated heterocycles. The third-order valence-corrected chi connectivity index (χ3v) is 5.22. The van der Waals surface area contributed by atoms with Gasteiger partial charge in [0.2, 0.25) is 0 Å². The topological polar surface area (TPSA) is 36.9 Å². The van der Waals surface area contributed by atoms with E-state index in [1.165, 1.54) is 19.3 Å². The normalized spacial score (nSPS) is 15.6. The van der Waals surface area contributed by atoms with E-state index in [2.05, 4.69) is 22.3 Å². The molecular weight excluding hydrogens is 472 g/mol. The maximum Gasteiger partial charge on any atom is 0.193 e. The summed E-state index contributed by atoms with van der Waals surface area (Å²) in [5, 5.41) is 4.82. The summed E-state index contributed by atoms with van der Waals surface area (Å²) in [6.07, 6.45) is 4.29. The number of rotatable bonds is 6. The van der Waals surface area contributed by atoms with Gasteiger partial charge in [-0.2, -0.15) is 0 Å². The van der Waals surface area contributed by atoms with Gasteiger partial charge >= 0.3 is 0 Å². The Kier molecular flexibility index (Phi) is 11.1. The SMILES string of the molecule is CN=C(NCCc1c(Cl)cccc1Cl)N(C)CCC1CCOCC1.I. The van der Waals surface area contributed by atoms with Crippen LogP contribution in [-0.4, -0.2) is 51.3 Å². The molecule has 1 aliphatic heterocycles. The highest BCUT2D eigenvalue weighted by Gasteiger charge is 2.15. The molecule has 0 spiro atoms. The van der Waals surface area contributed by atoms with E-state index in [0.717, 1.165) is 50.2 Å². The number of nitrogens with zero attached hydrogens (tertiary/aromatic N) is 2. The highest BCUT2D eigenvalue weighted by atomic mass is 127. The summed E-state index contributed by atoms with van der Waals surface area (Å²) in [6, 6.07) is 5.61. The zero-order valence-corrected chi connectivity index (χ0v) is 18.8. The molecule has 1 N–H and O–H groups in total. The van der Waals surface area contributed by atoms with Crippen molar-refractivity contribution in [1.29, 1.82) is 0 Å². The average molecular weight is 500 g/mol. The summed E-state index contributed by atoms with van der Waals surface area (Å²) in [4.78, 5) is 6.55. The van der Waals surface area contributed by atoms with Crippen LogP contribution in [0.15, 0.2) is 23.2 Å². The molecule has 1 fully saturated rings. The maximum atomic E-state index is 6.21. The lowest BCUT2D eigenvalue weighted by molar-refractivity contribution is 0.0625. The van der Waals surface area contributed by atoms with Crippen LogP contribution in [0, 0.1) is 5.92 Å². The van der Waals surface area contributed by atoms with Crippen LogP contribution < -0.4 is 5.32 Å². The molecular formula is C18H28Cl2IN3O. The molecule has 0 unspecified atom stereocenters. The predicted molar refractivity (Wildman–Crippen MR) is 118 cm³/mol.